The van der Waals surface area contributed by atoms with E-state index in [1.54, 1.807) is 0 Å². The van der Waals surface area contributed by atoms with Crippen molar-refractivity contribution >= 4 is 23.4 Å². The van der Waals surface area contributed by atoms with Crippen molar-refractivity contribution in [1.29, 1.82) is 0 Å². The monoisotopic (exact) mass is 375 g/mol. The van der Waals surface area contributed by atoms with Gasteiger partial charge in [0.25, 0.3) is 0 Å². The Morgan fingerprint density at radius 1 is 0.893 bits per heavy atom. The number of nitrogens with one attached hydrogen (secondary N) is 3. The predicted octanol–water partition coefficient (Wildman–Crippen LogP) is 3.88. The standard InChI is InChI=1S/C22H25N5O/c1-17-16-20(23-15-13-21(28)26-19-10-6-3-7-11-19)27-22(25-17)24-14-12-18-8-4-2-5-9-18/h2-11,16H,12-15H2,1H3,(H,26,28)(H2,23,24,25,27). The van der Waals surface area contributed by atoms with Gasteiger partial charge in [0.1, 0.15) is 5.82 Å². The number of aryl methyl sites for hydroxylation is 1. The first-order valence-electron chi connectivity index (χ1n) is 9.41. The molecule has 0 spiro atoms. The van der Waals surface area contributed by atoms with Gasteiger partial charge in [0.2, 0.25) is 11.9 Å². The minimum absolute atomic E-state index is 0.0364. The summed E-state index contributed by atoms with van der Waals surface area (Å²) in [5.74, 6) is 1.26. The lowest BCUT2D eigenvalue weighted by Gasteiger charge is -2.10. The molecule has 0 atom stereocenters. The van der Waals surface area contributed by atoms with Gasteiger partial charge in [-0.05, 0) is 31.0 Å². The van der Waals surface area contributed by atoms with Crippen molar-refractivity contribution in [2.24, 2.45) is 0 Å². The molecule has 0 aliphatic carbocycles. The third-order valence-corrected chi connectivity index (χ3v) is 4.11. The van der Waals surface area contributed by atoms with Gasteiger partial charge in [-0.15, -0.1) is 0 Å². The topological polar surface area (TPSA) is 78.9 Å². The van der Waals surface area contributed by atoms with Crippen LogP contribution in [0, 0.1) is 6.92 Å². The first-order chi connectivity index (χ1) is 13.7. The molecule has 0 radical (unpaired) electrons. The van der Waals surface area contributed by atoms with Gasteiger partial charge in [-0.2, -0.15) is 4.98 Å². The van der Waals surface area contributed by atoms with Crippen LogP contribution in [0.3, 0.4) is 0 Å². The highest BCUT2D eigenvalue weighted by molar-refractivity contribution is 5.90. The fourth-order valence-electron chi connectivity index (χ4n) is 2.75. The predicted molar refractivity (Wildman–Crippen MR) is 114 cm³/mol. The Bertz CT molecular complexity index is 884. The van der Waals surface area contributed by atoms with E-state index in [9.17, 15) is 4.79 Å². The molecule has 0 bridgehead atoms. The third kappa shape index (κ3) is 6.39. The van der Waals surface area contributed by atoms with Crippen molar-refractivity contribution in [2.75, 3.05) is 29.0 Å². The number of aromatic nitrogens is 2. The van der Waals surface area contributed by atoms with Crippen LogP contribution in [0.1, 0.15) is 17.7 Å². The summed E-state index contributed by atoms with van der Waals surface area (Å²) in [6.45, 7) is 3.18. The van der Waals surface area contributed by atoms with Crippen LogP contribution in [-0.2, 0) is 11.2 Å². The van der Waals surface area contributed by atoms with Gasteiger partial charge < -0.3 is 16.0 Å². The number of hydrogen-bond acceptors (Lipinski definition) is 5. The minimum Gasteiger partial charge on any atom is -0.369 e. The summed E-state index contributed by atoms with van der Waals surface area (Å²) in [7, 11) is 0. The van der Waals surface area contributed by atoms with Crippen LogP contribution in [0.25, 0.3) is 0 Å². The van der Waals surface area contributed by atoms with E-state index >= 15 is 0 Å². The normalized spacial score (nSPS) is 10.3. The van der Waals surface area contributed by atoms with Gasteiger partial charge in [-0.25, -0.2) is 4.98 Å². The molecule has 0 aliphatic rings. The average molecular weight is 375 g/mol. The van der Waals surface area contributed by atoms with Crippen molar-refractivity contribution in [1.82, 2.24) is 9.97 Å². The Morgan fingerprint density at radius 2 is 1.61 bits per heavy atom. The van der Waals surface area contributed by atoms with E-state index in [1.807, 2.05) is 61.5 Å². The molecule has 6 heteroatoms. The van der Waals surface area contributed by atoms with Crippen LogP contribution < -0.4 is 16.0 Å². The fraction of sp³-hybridized carbons (Fsp3) is 0.227. The van der Waals surface area contributed by atoms with Gasteiger partial charge in [-0.3, -0.25) is 4.79 Å². The maximum Gasteiger partial charge on any atom is 0.226 e. The lowest BCUT2D eigenvalue weighted by atomic mass is 10.1. The van der Waals surface area contributed by atoms with Gasteiger partial charge >= 0.3 is 0 Å². The maximum atomic E-state index is 12.0. The second kappa shape index (κ2) is 10.1. The Hall–Kier alpha value is -3.41. The highest BCUT2D eigenvalue weighted by Crippen LogP contribution is 2.11. The van der Waals surface area contributed by atoms with E-state index in [2.05, 4.69) is 38.1 Å². The molecular weight excluding hydrogens is 350 g/mol. The molecule has 2 aromatic carbocycles. The second-order valence-corrected chi connectivity index (χ2v) is 6.47. The molecule has 0 aliphatic heterocycles. The van der Waals surface area contributed by atoms with Crippen molar-refractivity contribution in [3.05, 3.63) is 78.0 Å². The Balaban J connectivity index is 1.45. The summed E-state index contributed by atoms with van der Waals surface area (Å²) >= 11 is 0. The number of rotatable bonds is 9. The lowest BCUT2D eigenvalue weighted by Crippen LogP contribution is -2.17. The highest BCUT2D eigenvalue weighted by atomic mass is 16.1. The van der Waals surface area contributed by atoms with E-state index < -0.39 is 0 Å². The number of para-hydroxylation sites is 1. The Labute approximate surface area is 165 Å². The third-order valence-electron chi connectivity index (χ3n) is 4.11. The van der Waals surface area contributed by atoms with E-state index in [4.69, 9.17) is 0 Å². The quantitative estimate of drug-likeness (QED) is 0.529. The van der Waals surface area contributed by atoms with Gasteiger partial charge in [0.15, 0.2) is 0 Å². The van der Waals surface area contributed by atoms with Crippen LogP contribution in [0.4, 0.5) is 17.5 Å². The zero-order chi connectivity index (χ0) is 19.6. The largest absolute Gasteiger partial charge is 0.369 e. The maximum absolute atomic E-state index is 12.0. The van der Waals surface area contributed by atoms with E-state index in [-0.39, 0.29) is 5.91 Å². The van der Waals surface area contributed by atoms with Crippen LogP contribution in [0.5, 0.6) is 0 Å². The summed E-state index contributed by atoms with van der Waals surface area (Å²) in [5, 5.41) is 9.33. The van der Waals surface area contributed by atoms with Crippen molar-refractivity contribution in [3.8, 4) is 0 Å². The summed E-state index contributed by atoms with van der Waals surface area (Å²) in [5.41, 5.74) is 2.94. The zero-order valence-electron chi connectivity index (χ0n) is 16.0. The number of hydrogen-bond donors (Lipinski definition) is 3. The van der Waals surface area contributed by atoms with Crippen molar-refractivity contribution in [3.63, 3.8) is 0 Å². The lowest BCUT2D eigenvalue weighted by molar-refractivity contribution is -0.115. The van der Waals surface area contributed by atoms with Gasteiger partial charge in [-0.1, -0.05) is 48.5 Å². The molecule has 0 fully saturated rings. The average Bonchev–Trinajstić information content (AvgIpc) is 2.69. The molecule has 0 saturated heterocycles. The van der Waals surface area contributed by atoms with E-state index in [0.29, 0.717) is 24.7 Å². The molecule has 0 saturated carbocycles. The number of anilines is 3. The smallest absolute Gasteiger partial charge is 0.226 e. The molecule has 1 aromatic heterocycles. The van der Waals surface area contributed by atoms with Crippen molar-refractivity contribution in [2.45, 2.75) is 19.8 Å². The van der Waals surface area contributed by atoms with Crippen LogP contribution in [-0.4, -0.2) is 29.0 Å². The SMILES string of the molecule is Cc1cc(NCCC(=O)Nc2ccccc2)nc(NCCc2ccccc2)n1. The molecule has 28 heavy (non-hydrogen) atoms. The van der Waals surface area contributed by atoms with Crippen molar-refractivity contribution < 1.29 is 4.79 Å². The summed E-state index contributed by atoms with van der Waals surface area (Å²) < 4.78 is 0. The molecule has 3 rings (SSSR count). The van der Waals surface area contributed by atoms with Gasteiger partial charge in [0.05, 0.1) is 0 Å². The highest BCUT2D eigenvalue weighted by Gasteiger charge is 2.05. The number of carbonyl (C=O) groups is 1. The molecule has 1 amide bonds. The molecular formula is C22H25N5O. The minimum atomic E-state index is -0.0364. The van der Waals surface area contributed by atoms with Crippen LogP contribution in [0.15, 0.2) is 66.7 Å². The molecule has 3 aromatic rings. The van der Waals surface area contributed by atoms with E-state index in [1.165, 1.54) is 5.56 Å². The van der Waals surface area contributed by atoms with Gasteiger partial charge in [0, 0.05) is 37.0 Å². The molecule has 1 heterocycles. The molecule has 144 valence electrons. The number of benzene rings is 2. The van der Waals surface area contributed by atoms with Crippen LogP contribution >= 0.6 is 0 Å². The Morgan fingerprint density at radius 3 is 2.36 bits per heavy atom. The molecule has 3 N–H and O–H groups in total. The second-order valence-electron chi connectivity index (χ2n) is 6.47. The summed E-state index contributed by atoms with van der Waals surface area (Å²) in [4.78, 5) is 20.9. The zero-order valence-corrected chi connectivity index (χ0v) is 16.0. The Kier molecular flexibility index (Phi) is 6.95. The summed E-state index contributed by atoms with van der Waals surface area (Å²) in [6, 6.07) is 21.6. The first kappa shape index (κ1) is 19.4. The number of nitrogens with zero attached hydrogens (tertiary/aromatic N) is 2. The number of carbonyl (C=O) groups excluding carboxylic acids is 1. The fourth-order valence-corrected chi connectivity index (χ4v) is 2.75. The first-order valence-corrected chi connectivity index (χ1v) is 9.41. The molecule has 0 unspecified atom stereocenters. The summed E-state index contributed by atoms with van der Waals surface area (Å²) in [6.07, 6.45) is 1.26. The van der Waals surface area contributed by atoms with E-state index in [0.717, 1.165) is 24.3 Å². The van der Waals surface area contributed by atoms with Crippen LogP contribution in [0.2, 0.25) is 0 Å². The number of amides is 1. The molecule has 6 nitrogen and oxygen atoms in total.